The fourth-order valence-corrected chi connectivity index (χ4v) is 2.18. The van der Waals surface area contributed by atoms with Gasteiger partial charge in [-0.15, -0.1) is 0 Å². The van der Waals surface area contributed by atoms with Crippen molar-refractivity contribution >= 4 is 44.6 Å². The second kappa shape index (κ2) is 6.09. The van der Waals surface area contributed by atoms with E-state index >= 15 is 0 Å². The molecule has 6 nitrogen and oxygen atoms in total. The minimum absolute atomic E-state index is 0.188. The van der Waals surface area contributed by atoms with Crippen LogP contribution in [-0.2, 0) is 19.1 Å². The van der Waals surface area contributed by atoms with Crippen LogP contribution in [0.1, 0.15) is 17.3 Å². The highest BCUT2D eigenvalue weighted by Gasteiger charge is 2.26. The molecule has 1 aromatic carbocycles. The van der Waals surface area contributed by atoms with E-state index in [2.05, 4.69) is 25.7 Å². The molecule has 2 rings (SSSR count). The van der Waals surface area contributed by atoms with Gasteiger partial charge in [0, 0.05) is 21.6 Å². The number of aromatic nitrogens is 1. The molecule has 0 spiro atoms. The minimum Gasteiger partial charge on any atom is -0.466 e. The number of carbonyl (C=O) groups is 3. The molecule has 0 aliphatic carbocycles. The van der Waals surface area contributed by atoms with Crippen molar-refractivity contribution in [2.75, 3.05) is 7.11 Å². The van der Waals surface area contributed by atoms with Gasteiger partial charge in [-0.1, -0.05) is 15.9 Å². The summed E-state index contributed by atoms with van der Waals surface area (Å²) in [6.07, 6.45) is 0.298. The first-order valence-corrected chi connectivity index (χ1v) is 6.83. The number of ketones is 1. The fourth-order valence-electron chi connectivity index (χ4n) is 1.82. The number of H-pyrrole nitrogens is 1. The van der Waals surface area contributed by atoms with Crippen molar-refractivity contribution in [3.05, 3.63) is 34.4 Å². The van der Waals surface area contributed by atoms with Crippen LogP contribution in [0.4, 0.5) is 0 Å². The Balaban J connectivity index is 2.24. The highest BCUT2D eigenvalue weighted by atomic mass is 79.9. The van der Waals surface area contributed by atoms with E-state index in [1.165, 1.54) is 20.2 Å². The average molecular weight is 354 g/mol. The third-order valence-electron chi connectivity index (χ3n) is 2.89. The van der Waals surface area contributed by atoms with Crippen LogP contribution >= 0.6 is 15.9 Å². The van der Waals surface area contributed by atoms with Gasteiger partial charge in [-0.3, -0.25) is 4.79 Å². The van der Waals surface area contributed by atoms with Crippen molar-refractivity contribution in [3.63, 3.8) is 0 Å². The summed E-state index contributed by atoms with van der Waals surface area (Å²) in [7, 11) is 1.17. The molecule has 1 heterocycles. The lowest BCUT2D eigenvalue weighted by Gasteiger charge is -2.09. The van der Waals surface area contributed by atoms with Gasteiger partial charge in [-0.25, -0.2) is 9.59 Å². The largest absolute Gasteiger partial charge is 0.466 e. The third kappa shape index (κ3) is 3.13. The lowest BCUT2D eigenvalue weighted by atomic mass is 10.1. The van der Waals surface area contributed by atoms with Crippen molar-refractivity contribution in [3.8, 4) is 0 Å². The van der Waals surface area contributed by atoms with Crippen molar-refractivity contribution in [1.29, 1.82) is 0 Å². The highest BCUT2D eigenvalue weighted by Crippen LogP contribution is 2.23. The number of Topliss-reactive ketones (excluding diaryl/α,β-unsaturated/α-hetero) is 1. The topological polar surface area (TPSA) is 85.5 Å². The molecule has 7 heteroatoms. The molecule has 110 valence electrons. The lowest BCUT2D eigenvalue weighted by molar-refractivity contribution is -0.161. The molecule has 1 atom stereocenters. The van der Waals surface area contributed by atoms with E-state index in [0.29, 0.717) is 5.39 Å². The van der Waals surface area contributed by atoms with Crippen LogP contribution in [0.3, 0.4) is 0 Å². The Labute approximate surface area is 128 Å². The van der Waals surface area contributed by atoms with E-state index in [1.807, 2.05) is 6.07 Å². The molecule has 0 amide bonds. The maximum atomic E-state index is 12.1. The van der Waals surface area contributed by atoms with Crippen LogP contribution < -0.4 is 0 Å². The summed E-state index contributed by atoms with van der Waals surface area (Å²) in [6, 6.07) is 5.30. The molecule has 0 aliphatic rings. The molecular formula is C14H12BrNO5. The van der Waals surface area contributed by atoms with Gasteiger partial charge in [0.2, 0.25) is 0 Å². The molecule has 0 fully saturated rings. The van der Waals surface area contributed by atoms with Crippen molar-refractivity contribution in [2.24, 2.45) is 0 Å². The molecule has 21 heavy (non-hydrogen) atoms. The predicted molar refractivity (Wildman–Crippen MR) is 77.9 cm³/mol. The molecule has 1 unspecified atom stereocenters. The minimum atomic E-state index is -1.14. The predicted octanol–water partition coefficient (Wildman–Crippen LogP) is 2.22. The smallest absolute Gasteiger partial charge is 0.380 e. The van der Waals surface area contributed by atoms with Gasteiger partial charge in [0.1, 0.15) is 0 Å². The third-order valence-corrected chi connectivity index (χ3v) is 3.38. The maximum absolute atomic E-state index is 12.1. The fraction of sp³-hybridized carbons (Fsp3) is 0.214. The molecule has 0 aliphatic heterocycles. The van der Waals surface area contributed by atoms with E-state index in [4.69, 9.17) is 4.74 Å². The zero-order valence-electron chi connectivity index (χ0n) is 11.3. The highest BCUT2D eigenvalue weighted by molar-refractivity contribution is 9.10. The number of hydrogen-bond acceptors (Lipinski definition) is 5. The number of rotatable bonds is 4. The summed E-state index contributed by atoms with van der Waals surface area (Å²) in [6.45, 7) is 1.34. The first-order valence-electron chi connectivity index (χ1n) is 6.03. The van der Waals surface area contributed by atoms with Crippen LogP contribution in [0.25, 0.3) is 10.9 Å². The quantitative estimate of drug-likeness (QED) is 0.517. The Bertz CT molecular complexity index is 721. The number of methoxy groups -OCH3 is 1. The van der Waals surface area contributed by atoms with E-state index in [0.717, 1.165) is 9.99 Å². The average Bonchev–Trinajstić information content (AvgIpc) is 2.88. The zero-order chi connectivity index (χ0) is 15.6. The van der Waals surface area contributed by atoms with Gasteiger partial charge in [-0.2, -0.15) is 0 Å². The summed E-state index contributed by atoms with van der Waals surface area (Å²) >= 11 is 3.30. The lowest BCUT2D eigenvalue weighted by Crippen LogP contribution is -2.29. The van der Waals surface area contributed by atoms with E-state index in [1.54, 1.807) is 12.1 Å². The molecule has 0 saturated carbocycles. The van der Waals surface area contributed by atoms with Crippen LogP contribution in [0.5, 0.6) is 0 Å². The monoisotopic (exact) mass is 353 g/mol. The number of esters is 2. The zero-order valence-corrected chi connectivity index (χ0v) is 12.9. The molecule has 0 radical (unpaired) electrons. The SMILES string of the molecule is COC(=O)C(C)OC(=O)C(=O)c1c[nH]c2ccc(Br)cc12. The number of ether oxygens (including phenoxy) is 2. The molecule has 0 saturated heterocycles. The molecule has 1 N–H and O–H groups in total. The Morgan fingerprint density at radius 3 is 2.67 bits per heavy atom. The van der Waals surface area contributed by atoms with Crippen LogP contribution in [0.15, 0.2) is 28.9 Å². The number of fused-ring (bicyclic) bond motifs is 1. The van der Waals surface area contributed by atoms with Gasteiger partial charge in [0.25, 0.3) is 5.78 Å². The molecule has 0 bridgehead atoms. The number of carbonyl (C=O) groups excluding carboxylic acids is 3. The number of nitrogens with one attached hydrogen (secondary N) is 1. The van der Waals surface area contributed by atoms with E-state index < -0.39 is 23.8 Å². The van der Waals surface area contributed by atoms with Crippen LogP contribution in [0, 0.1) is 0 Å². The number of hydrogen-bond donors (Lipinski definition) is 1. The van der Waals surface area contributed by atoms with Gasteiger partial charge in [-0.05, 0) is 25.1 Å². The Hall–Kier alpha value is -2.15. The van der Waals surface area contributed by atoms with Gasteiger partial charge in [0.05, 0.1) is 12.7 Å². The van der Waals surface area contributed by atoms with Crippen LogP contribution in [0.2, 0.25) is 0 Å². The summed E-state index contributed by atoms with van der Waals surface area (Å²) in [4.78, 5) is 38.0. The summed E-state index contributed by atoms with van der Waals surface area (Å²) < 4.78 is 9.99. The molecular weight excluding hydrogens is 342 g/mol. The van der Waals surface area contributed by atoms with Crippen LogP contribution in [-0.4, -0.2) is 35.9 Å². The second-order valence-corrected chi connectivity index (χ2v) is 5.21. The van der Waals surface area contributed by atoms with E-state index in [9.17, 15) is 14.4 Å². The Morgan fingerprint density at radius 2 is 2.00 bits per heavy atom. The number of benzene rings is 1. The van der Waals surface area contributed by atoms with Crippen molar-refractivity contribution in [2.45, 2.75) is 13.0 Å². The van der Waals surface area contributed by atoms with Gasteiger partial charge in [0.15, 0.2) is 6.10 Å². The van der Waals surface area contributed by atoms with E-state index in [-0.39, 0.29) is 5.56 Å². The molecule has 2 aromatic rings. The van der Waals surface area contributed by atoms with Gasteiger partial charge < -0.3 is 14.5 Å². The van der Waals surface area contributed by atoms with Gasteiger partial charge >= 0.3 is 11.9 Å². The Morgan fingerprint density at radius 1 is 1.29 bits per heavy atom. The molecule has 1 aromatic heterocycles. The number of halogens is 1. The first-order chi connectivity index (χ1) is 9.93. The maximum Gasteiger partial charge on any atom is 0.380 e. The van der Waals surface area contributed by atoms with Crippen molar-refractivity contribution in [1.82, 2.24) is 4.98 Å². The first kappa shape index (κ1) is 15.2. The summed E-state index contributed by atoms with van der Waals surface area (Å²) in [5.41, 5.74) is 0.906. The summed E-state index contributed by atoms with van der Waals surface area (Å²) in [5, 5.41) is 0.594. The normalized spacial score (nSPS) is 12.0. The van der Waals surface area contributed by atoms with Crippen molar-refractivity contribution < 1.29 is 23.9 Å². The second-order valence-electron chi connectivity index (χ2n) is 4.29. The number of aromatic amines is 1. The standard InChI is InChI=1S/C14H12BrNO5/c1-7(13(18)20-2)21-14(19)12(17)10-6-16-11-4-3-8(15)5-9(10)11/h3-7,16H,1-2H3. The summed E-state index contributed by atoms with van der Waals surface area (Å²) in [5.74, 6) is -2.65. The Kier molecular flexibility index (Phi) is 4.42.